The molecule has 0 spiro atoms. The fourth-order valence-electron chi connectivity index (χ4n) is 0. The van der Waals surface area contributed by atoms with Crippen molar-refractivity contribution in [3.05, 3.63) is 0 Å². The zero-order valence-electron chi connectivity index (χ0n) is 3.97. The van der Waals surface area contributed by atoms with Crippen LogP contribution in [-0.4, -0.2) is 14.1 Å². The first-order valence-corrected chi connectivity index (χ1v) is 1.15. The van der Waals surface area contributed by atoms with Gasteiger partial charge in [-0.3, -0.25) is 0 Å². The quantitative estimate of drug-likeness (QED) is 0.556. The van der Waals surface area contributed by atoms with Crippen LogP contribution in [0.1, 0.15) is 0 Å². The summed E-state index contributed by atoms with van der Waals surface area (Å²) in [4.78, 5) is 0. The summed E-state index contributed by atoms with van der Waals surface area (Å²) >= 11 is 0. The molecule has 0 amide bonds. The standard InChI is InChI=1S/2CH5N.BrH.ClH/c2*1-2;;/h2*2H2,1H3;2*1H. The average Bonchev–Trinajstić information content (AvgIpc) is 1.50. The highest BCUT2D eigenvalue weighted by atomic mass is 79.9. The molecule has 0 aliphatic heterocycles. The minimum atomic E-state index is 0. The fourth-order valence-corrected chi connectivity index (χ4v) is 0. The third-order valence-electron chi connectivity index (χ3n) is 0. The maximum Gasteiger partial charge on any atom is -0.0195 e. The van der Waals surface area contributed by atoms with Crippen LogP contribution in [0.5, 0.6) is 0 Å². The summed E-state index contributed by atoms with van der Waals surface area (Å²) < 4.78 is 0. The Kier molecular flexibility index (Phi) is 1310. The number of hydrogen-bond acceptors (Lipinski definition) is 2. The zero-order valence-corrected chi connectivity index (χ0v) is 6.50. The smallest absolute Gasteiger partial charge is 0.0195 e. The summed E-state index contributed by atoms with van der Waals surface area (Å²) in [5.41, 5.74) is 9.00. The minimum Gasteiger partial charge on any atom is -0.333 e. The van der Waals surface area contributed by atoms with E-state index < -0.39 is 0 Å². The highest BCUT2D eigenvalue weighted by Gasteiger charge is 0.838. The van der Waals surface area contributed by atoms with Crippen LogP contribution in [0.25, 0.3) is 0 Å². The van der Waals surface area contributed by atoms with Crippen molar-refractivity contribution in [3.63, 3.8) is 0 Å². The Labute approximate surface area is 55.5 Å². The normalized spacial score (nSPS) is 2.00. The lowest BCUT2D eigenvalue weighted by molar-refractivity contribution is 1.48. The lowest BCUT2D eigenvalue weighted by Crippen LogP contribution is -1.69. The maximum absolute atomic E-state index is 4.50. The number of rotatable bonds is 0. The summed E-state index contributed by atoms with van der Waals surface area (Å²) in [5.74, 6) is 0. The molecule has 4 heteroatoms. The van der Waals surface area contributed by atoms with Gasteiger partial charge in [0.1, 0.15) is 0 Å². The van der Waals surface area contributed by atoms with Gasteiger partial charge in [-0.05, 0) is 14.1 Å². The topological polar surface area (TPSA) is 52.0 Å². The molecule has 0 unspecified atom stereocenters. The molecule has 4 N–H and O–H groups in total. The monoisotopic (exact) mass is 178 g/mol. The molecule has 44 valence electrons. The van der Waals surface area contributed by atoms with Crippen LogP contribution in [0.3, 0.4) is 0 Å². The van der Waals surface area contributed by atoms with E-state index >= 15 is 0 Å². The molecule has 0 heterocycles. The van der Waals surface area contributed by atoms with Gasteiger partial charge in [-0.15, -0.1) is 29.4 Å². The Morgan fingerprint density at radius 1 is 0.833 bits per heavy atom. The third-order valence-corrected chi connectivity index (χ3v) is 0. The van der Waals surface area contributed by atoms with Gasteiger partial charge < -0.3 is 11.5 Å². The SMILES string of the molecule is Br.CN.CN.Cl. The van der Waals surface area contributed by atoms with Gasteiger partial charge in [0.25, 0.3) is 0 Å². The Bertz CT molecular complexity index is 11.5. The highest BCUT2D eigenvalue weighted by molar-refractivity contribution is 8.93. The molecule has 0 rings (SSSR count). The van der Waals surface area contributed by atoms with E-state index in [4.69, 9.17) is 0 Å². The van der Waals surface area contributed by atoms with Crippen LogP contribution in [0.15, 0.2) is 0 Å². The van der Waals surface area contributed by atoms with Gasteiger partial charge in [0, 0.05) is 0 Å². The molecule has 0 aromatic heterocycles. The first kappa shape index (κ1) is 29.9. The highest BCUT2D eigenvalue weighted by Crippen LogP contribution is 0.846. The number of halogens is 2. The first-order valence-electron chi connectivity index (χ1n) is 1.15. The van der Waals surface area contributed by atoms with Crippen molar-refractivity contribution in [1.82, 2.24) is 0 Å². The van der Waals surface area contributed by atoms with Crippen molar-refractivity contribution >= 4 is 29.4 Å². The molecule has 0 bridgehead atoms. The fraction of sp³-hybridized carbons (Fsp3) is 1.00. The van der Waals surface area contributed by atoms with E-state index in [0.29, 0.717) is 0 Å². The van der Waals surface area contributed by atoms with E-state index in [1.54, 1.807) is 0 Å². The van der Waals surface area contributed by atoms with Crippen molar-refractivity contribution in [3.8, 4) is 0 Å². The minimum absolute atomic E-state index is 0. The molecule has 0 fully saturated rings. The molecule has 0 radical (unpaired) electrons. The lowest BCUT2D eigenvalue weighted by Gasteiger charge is -1.19. The van der Waals surface area contributed by atoms with Crippen LogP contribution in [0.2, 0.25) is 0 Å². The number of nitrogens with two attached hydrogens (primary N) is 2. The third kappa shape index (κ3) is 134. The van der Waals surface area contributed by atoms with Gasteiger partial charge in [-0.2, -0.15) is 0 Å². The van der Waals surface area contributed by atoms with E-state index in [0.717, 1.165) is 0 Å². The van der Waals surface area contributed by atoms with Crippen molar-refractivity contribution in [2.45, 2.75) is 0 Å². The zero-order chi connectivity index (χ0) is 4.00. The second-order valence-corrected chi connectivity index (χ2v) is 0. The van der Waals surface area contributed by atoms with Crippen LogP contribution in [0, 0.1) is 0 Å². The molecule has 6 heavy (non-hydrogen) atoms. The van der Waals surface area contributed by atoms with Crippen molar-refractivity contribution in [1.29, 1.82) is 0 Å². The van der Waals surface area contributed by atoms with Crippen LogP contribution in [0.4, 0.5) is 0 Å². The first-order chi connectivity index (χ1) is 2.00. The molecule has 2 nitrogen and oxygen atoms in total. The van der Waals surface area contributed by atoms with Crippen LogP contribution >= 0.6 is 29.4 Å². The summed E-state index contributed by atoms with van der Waals surface area (Å²) in [6, 6.07) is 0. The predicted molar refractivity (Wildman–Crippen MR) is 37.8 cm³/mol. The lowest BCUT2D eigenvalue weighted by atomic mass is 11.6. The van der Waals surface area contributed by atoms with Gasteiger partial charge in [0.05, 0.1) is 0 Å². The van der Waals surface area contributed by atoms with E-state index in [1.165, 1.54) is 14.1 Å². The molecule has 0 aromatic carbocycles. The molecular weight excluding hydrogens is 167 g/mol. The van der Waals surface area contributed by atoms with E-state index in [1.807, 2.05) is 0 Å². The van der Waals surface area contributed by atoms with Gasteiger partial charge in [0.2, 0.25) is 0 Å². The van der Waals surface area contributed by atoms with Gasteiger partial charge in [-0.1, -0.05) is 0 Å². The Hall–Kier alpha value is 0.690. The summed E-state index contributed by atoms with van der Waals surface area (Å²) in [6.45, 7) is 0. The van der Waals surface area contributed by atoms with Crippen molar-refractivity contribution in [2.24, 2.45) is 11.5 Å². The van der Waals surface area contributed by atoms with Gasteiger partial charge >= 0.3 is 0 Å². The second-order valence-electron chi connectivity index (χ2n) is 0. The molecule has 0 aliphatic rings. The molecular formula is C2H12BrClN2. The molecule has 0 atom stereocenters. The van der Waals surface area contributed by atoms with E-state index in [9.17, 15) is 0 Å². The Morgan fingerprint density at radius 3 is 0.833 bits per heavy atom. The van der Waals surface area contributed by atoms with Gasteiger partial charge in [0.15, 0.2) is 0 Å². The maximum atomic E-state index is 4.50. The Morgan fingerprint density at radius 2 is 0.833 bits per heavy atom. The van der Waals surface area contributed by atoms with Crippen LogP contribution < -0.4 is 11.5 Å². The van der Waals surface area contributed by atoms with E-state index in [2.05, 4.69) is 11.5 Å². The molecule has 0 saturated carbocycles. The van der Waals surface area contributed by atoms with E-state index in [-0.39, 0.29) is 29.4 Å². The largest absolute Gasteiger partial charge is 0.333 e. The van der Waals surface area contributed by atoms with Crippen molar-refractivity contribution in [2.75, 3.05) is 14.1 Å². The van der Waals surface area contributed by atoms with Crippen molar-refractivity contribution < 1.29 is 0 Å². The summed E-state index contributed by atoms with van der Waals surface area (Å²) in [5, 5.41) is 0. The molecule has 0 saturated heterocycles. The average molecular weight is 179 g/mol. The van der Waals surface area contributed by atoms with Gasteiger partial charge in [-0.25, -0.2) is 0 Å². The predicted octanol–water partition coefficient (Wildman–Crippen LogP) is 0.150. The number of hydrogen-bond donors (Lipinski definition) is 2. The molecule has 0 aromatic rings. The summed E-state index contributed by atoms with van der Waals surface area (Å²) in [7, 11) is 3.00. The Balaban J connectivity index is -0.00000000500. The second kappa shape index (κ2) is 263. The molecule has 0 aliphatic carbocycles. The summed E-state index contributed by atoms with van der Waals surface area (Å²) in [6.07, 6.45) is 0. The van der Waals surface area contributed by atoms with Crippen LogP contribution in [-0.2, 0) is 0 Å².